The number of carbonyl (C=O) groups is 3. The summed E-state index contributed by atoms with van der Waals surface area (Å²) in [6.07, 6.45) is 3.40. The monoisotopic (exact) mass is 453 g/mol. The highest BCUT2D eigenvalue weighted by molar-refractivity contribution is 6.39. The number of ether oxygens (including phenoxy) is 2. The third-order valence-corrected chi connectivity index (χ3v) is 6.92. The second-order valence-corrected chi connectivity index (χ2v) is 9.40. The molecule has 0 saturated carbocycles. The molecule has 2 N–H and O–H groups in total. The summed E-state index contributed by atoms with van der Waals surface area (Å²) in [6.45, 7) is 11.0. The summed E-state index contributed by atoms with van der Waals surface area (Å²) < 4.78 is 11.2. The van der Waals surface area contributed by atoms with Crippen molar-refractivity contribution in [2.75, 3.05) is 6.54 Å². The average Bonchev–Trinajstić information content (AvgIpc) is 3.24. The molecule has 2 aliphatic heterocycles. The van der Waals surface area contributed by atoms with Crippen molar-refractivity contribution < 1.29 is 34.1 Å². The number of amides is 1. The lowest BCUT2D eigenvalue weighted by atomic mass is 9.86. The predicted octanol–water partition coefficient (Wildman–Crippen LogP) is 2.36. The maximum absolute atomic E-state index is 13.0. The molecule has 0 aromatic heterocycles. The first-order valence-electron chi connectivity index (χ1n) is 11.7. The summed E-state index contributed by atoms with van der Waals surface area (Å²) in [5.74, 6) is -5.28. The van der Waals surface area contributed by atoms with Crippen LogP contribution in [-0.2, 0) is 23.9 Å². The SMILES string of the molecule is CCC1CCC(C)C(O)(C(=O)C(=O)N2CCCC2C(=O)OC(C)/C(C)=C/C(C)C(C)O)O1. The molecule has 2 heterocycles. The summed E-state index contributed by atoms with van der Waals surface area (Å²) in [5.41, 5.74) is 0.794. The lowest BCUT2D eigenvalue weighted by Crippen LogP contribution is -2.59. The summed E-state index contributed by atoms with van der Waals surface area (Å²) in [5, 5.41) is 20.6. The Labute approximate surface area is 190 Å². The molecule has 7 atom stereocenters. The van der Waals surface area contributed by atoms with Crippen molar-refractivity contribution in [1.82, 2.24) is 4.90 Å². The van der Waals surface area contributed by atoms with Gasteiger partial charge in [0, 0.05) is 18.4 Å². The van der Waals surface area contributed by atoms with E-state index in [-0.39, 0.29) is 18.6 Å². The molecule has 0 aromatic carbocycles. The average molecular weight is 454 g/mol. The Morgan fingerprint density at radius 3 is 2.47 bits per heavy atom. The zero-order chi connectivity index (χ0) is 24.2. The van der Waals surface area contributed by atoms with Gasteiger partial charge in [0.2, 0.25) is 5.79 Å². The van der Waals surface area contributed by atoms with Gasteiger partial charge in [0.1, 0.15) is 12.1 Å². The highest BCUT2D eigenvalue weighted by Gasteiger charge is 2.52. The molecule has 0 spiro atoms. The van der Waals surface area contributed by atoms with Crippen molar-refractivity contribution in [2.45, 2.75) is 104 Å². The normalized spacial score (nSPS) is 31.7. The van der Waals surface area contributed by atoms with Gasteiger partial charge in [-0.2, -0.15) is 0 Å². The largest absolute Gasteiger partial charge is 0.457 e. The number of rotatable bonds is 8. The van der Waals surface area contributed by atoms with E-state index in [1.54, 1.807) is 20.8 Å². The summed E-state index contributed by atoms with van der Waals surface area (Å²) in [7, 11) is 0. The minimum atomic E-state index is -2.17. The van der Waals surface area contributed by atoms with Crippen LogP contribution in [0.3, 0.4) is 0 Å². The van der Waals surface area contributed by atoms with Gasteiger partial charge in [0.25, 0.3) is 11.7 Å². The van der Waals surface area contributed by atoms with Crippen molar-refractivity contribution >= 4 is 17.7 Å². The van der Waals surface area contributed by atoms with Crippen LogP contribution in [0.2, 0.25) is 0 Å². The second-order valence-electron chi connectivity index (χ2n) is 9.40. The van der Waals surface area contributed by atoms with Crippen LogP contribution in [0.4, 0.5) is 0 Å². The number of likely N-dealkylation sites (tertiary alicyclic amines) is 1. The highest BCUT2D eigenvalue weighted by Crippen LogP contribution is 2.35. The van der Waals surface area contributed by atoms with Gasteiger partial charge in [-0.05, 0) is 58.4 Å². The fraction of sp³-hybridized carbons (Fsp3) is 0.792. The van der Waals surface area contributed by atoms with Crippen LogP contribution in [0.25, 0.3) is 0 Å². The van der Waals surface area contributed by atoms with Crippen molar-refractivity contribution in [3.63, 3.8) is 0 Å². The smallest absolute Gasteiger partial charge is 0.329 e. The molecule has 0 aromatic rings. The Bertz CT molecular complexity index is 734. The molecule has 0 aliphatic carbocycles. The zero-order valence-corrected chi connectivity index (χ0v) is 20.2. The van der Waals surface area contributed by atoms with Crippen LogP contribution < -0.4 is 0 Å². The van der Waals surface area contributed by atoms with E-state index >= 15 is 0 Å². The number of Topliss-reactive ketones (excluding diaryl/α,β-unsaturated/α-hetero) is 1. The standard InChI is InChI=1S/C24H39NO7/c1-7-19-11-10-16(4)24(30,32-19)21(27)22(28)25-12-8-9-20(25)23(29)31-18(6)15(3)13-14(2)17(5)26/h13-14,16-20,26,30H,7-12H2,1-6H3/b15-13+. The van der Waals surface area contributed by atoms with E-state index in [9.17, 15) is 24.6 Å². The van der Waals surface area contributed by atoms with Crippen LogP contribution in [0.1, 0.15) is 73.6 Å². The molecule has 8 nitrogen and oxygen atoms in total. The van der Waals surface area contributed by atoms with Crippen LogP contribution in [0.5, 0.6) is 0 Å². The molecule has 7 unspecified atom stereocenters. The van der Waals surface area contributed by atoms with Gasteiger partial charge in [-0.3, -0.25) is 9.59 Å². The highest BCUT2D eigenvalue weighted by atomic mass is 16.6. The number of esters is 1. The van der Waals surface area contributed by atoms with Gasteiger partial charge in [-0.15, -0.1) is 0 Å². The minimum Gasteiger partial charge on any atom is -0.457 e. The maximum Gasteiger partial charge on any atom is 0.329 e. The van der Waals surface area contributed by atoms with Crippen molar-refractivity contribution in [3.05, 3.63) is 11.6 Å². The Balaban J connectivity index is 2.09. The van der Waals surface area contributed by atoms with Gasteiger partial charge in [0.15, 0.2) is 0 Å². The Morgan fingerprint density at radius 2 is 1.88 bits per heavy atom. The van der Waals surface area contributed by atoms with E-state index in [4.69, 9.17) is 9.47 Å². The Kier molecular flexibility index (Phi) is 9.02. The van der Waals surface area contributed by atoms with E-state index in [0.717, 1.165) is 12.0 Å². The predicted molar refractivity (Wildman–Crippen MR) is 118 cm³/mol. The molecule has 2 fully saturated rings. The maximum atomic E-state index is 13.0. The molecule has 1 amide bonds. The van der Waals surface area contributed by atoms with Gasteiger partial charge in [-0.1, -0.05) is 26.8 Å². The molecule has 8 heteroatoms. The fourth-order valence-electron chi connectivity index (χ4n) is 4.20. The lowest BCUT2D eigenvalue weighted by molar-refractivity contribution is -0.262. The molecule has 182 valence electrons. The van der Waals surface area contributed by atoms with Crippen LogP contribution in [0.15, 0.2) is 11.6 Å². The van der Waals surface area contributed by atoms with E-state index < -0.39 is 47.6 Å². The van der Waals surface area contributed by atoms with Crippen molar-refractivity contribution in [3.8, 4) is 0 Å². The van der Waals surface area contributed by atoms with Gasteiger partial charge in [0.05, 0.1) is 12.2 Å². The Hall–Kier alpha value is -1.77. The van der Waals surface area contributed by atoms with E-state index in [1.165, 1.54) is 4.90 Å². The number of hydrogen-bond donors (Lipinski definition) is 2. The summed E-state index contributed by atoms with van der Waals surface area (Å²) in [6, 6.07) is -0.875. The molecule has 0 bridgehead atoms. The van der Waals surface area contributed by atoms with E-state index in [1.807, 2.05) is 26.8 Å². The topological polar surface area (TPSA) is 113 Å². The van der Waals surface area contributed by atoms with Gasteiger partial charge < -0.3 is 24.6 Å². The molecule has 32 heavy (non-hydrogen) atoms. The van der Waals surface area contributed by atoms with E-state index in [2.05, 4.69) is 0 Å². The minimum absolute atomic E-state index is 0.0940. The molecule has 2 saturated heterocycles. The lowest BCUT2D eigenvalue weighted by Gasteiger charge is -2.40. The molecular formula is C24H39NO7. The van der Waals surface area contributed by atoms with Gasteiger partial charge >= 0.3 is 5.97 Å². The first-order valence-corrected chi connectivity index (χ1v) is 11.7. The summed E-state index contributed by atoms with van der Waals surface area (Å²) in [4.78, 5) is 40.1. The quantitative estimate of drug-likeness (QED) is 0.329. The number of aliphatic hydroxyl groups excluding tert-OH is 1. The number of hydrogen-bond acceptors (Lipinski definition) is 7. The fourth-order valence-corrected chi connectivity index (χ4v) is 4.20. The second kappa shape index (κ2) is 10.9. The number of carbonyl (C=O) groups excluding carboxylic acids is 3. The van der Waals surface area contributed by atoms with Gasteiger partial charge in [-0.25, -0.2) is 4.79 Å². The zero-order valence-electron chi connectivity index (χ0n) is 20.2. The summed E-state index contributed by atoms with van der Waals surface area (Å²) >= 11 is 0. The van der Waals surface area contributed by atoms with Crippen LogP contribution >= 0.6 is 0 Å². The first-order chi connectivity index (χ1) is 14.9. The number of nitrogens with zero attached hydrogens (tertiary/aromatic N) is 1. The van der Waals surface area contributed by atoms with E-state index in [0.29, 0.717) is 25.7 Å². The van der Waals surface area contributed by atoms with Crippen LogP contribution in [-0.4, -0.2) is 69.5 Å². The van der Waals surface area contributed by atoms with Crippen molar-refractivity contribution in [2.24, 2.45) is 11.8 Å². The third-order valence-electron chi connectivity index (χ3n) is 6.92. The number of ketones is 1. The van der Waals surface area contributed by atoms with Crippen LogP contribution in [0, 0.1) is 11.8 Å². The molecule has 0 radical (unpaired) electrons. The molecule has 2 aliphatic rings. The molecular weight excluding hydrogens is 414 g/mol. The van der Waals surface area contributed by atoms with Crippen molar-refractivity contribution in [1.29, 1.82) is 0 Å². The first kappa shape index (κ1) is 26.5. The molecule has 2 rings (SSSR count). The number of aliphatic hydroxyl groups is 2. The third kappa shape index (κ3) is 5.77. The Morgan fingerprint density at radius 1 is 1.22 bits per heavy atom.